The number of rotatable bonds is 6. The van der Waals surface area contributed by atoms with Crippen molar-refractivity contribution < 1.29 is 29.4 Å². The van der Waals surface area contributed by atoms with Gasteiger partial charge in [-0.2, -0.15) is 0 Å². The second kappa shape index (κ2) is 6.30. The molecule has 0 rings (SSSR count). The zero-order valence-corrected chi connectivity index (χ0v) is 8.97. The van der Waals surface area contributed by atoms with Crippen molar-refractivity contribution in [3.05, 3.63) is 0 Å². The van der Waals surface area contributed by atoms with Gasteiger partial charge in [0.25, 0.3) is 0 Å². The highest BCUT2D eigenvalue weighted by Crippen LogP contribution is 1.93. The maximum atomic E-state index is 11.2. The van der Waals surface area contributed by atoms with Crippen LogP contribution in [0.3, 0.4) is 0 Å². The van der Waals surface area contributed by atoms with Gasteiger partial charge in [-0.15, -0.1) is 0 Å². The Morgan fingerprint density at radius 2 is 1.71 bits per heavy atom. The summed E-state index contributed by atoms with van der Waals surface area (Å²) in [7, 11) is 0. The predicted octanol–water partition coefficient (Wildman–Crippen LogP) is -1.91. The molecule has 0 fully saturated rings. The lowest BCUT2D eigenvalue weighted by Crippen LogP contribution is -2.51. The van der Waals surface area contributed by atoms with Crippen LogP contribution in [0.4, 0.5) is 4.79 Å². The molecule has 2 atom stereocenters. The van der Waals surface area contributed by atoms with Crippen LogP contribution in [0.1, 0.15) is 13.3 Å². The van der Waals surface area contributed by atoms with Crippen LogP contribution in [0.15, 0.2) is 0 Å². The topological polar surface area (TPSA) is 159 Å². The molecule has 0 aliphatic carbocycles. The Bertz CT molecular complexity index is 342. The second-order valence-corrected chi connectivity index (χ2v) is 3.23. The number of carboxylic acids is 2. The molecular weight excluding hydrogens is 234 g/mol. The van der Waals surface area contributed by atoms with Gasteiger partial charge >= 0.3 is 18.0 Å². The number of urea groups is 1. The number of aliphatic carboxylic acids is 2. The van der Waals surface area contributed by atoms with Crippen molar-refractivity contribution in [1.82, 2.24) is 10.6 Å². The van der Waals surface area contributed by atoms with Gasteiger partial charge in [0.15, 0.2) is 0 Å². The molecule has 96 valence electrons. The molecular formula is C8H13N3O6. The molecule has 9 heteroatoms. The third-order valence-corrected chi connectivity index (χ3v) is 1.76. The van der Waals surface area contributed by atoms with Crippen LogP contribution in [0.5, 0.6) is 0 Å². The molecule has 17 heavy (non-hydrogen) atoms. The molecule has 0 aliphatic heterocycles. The number of carbonyl (C=O) groups is 4. The zero-order chi connectivity index (χ0) is 13.6. The molecule has 2 unspecified atom stereocenters. The van der Waals surface area contributed by atoms with E-state index in [0.29, 0.717) is 0 Å². The van der Waals surface area contributed by atoms with Crippen molar-refractivity contribution in [3.8, 4) is 0 Å². The Kier molecular flexibility index (Phi) is 5.44. The Labute approximate surface area is 96.0 Å². The van der Waals surface area contributed by atoms with Gasteiger partial charge in [-0.25, -0.2) is 9.59 Å². The maximum Gasteiger partial charge on any atom is 0.326 e. The van der Waals surface area contributed by atoms with Gasteiger partial charge < -0.3 is 26.6 Å². The summed E-state index contributed by atoms with van der Waals surface area (Å²) in [4.78, 5) is 42.7. The van der Waals surface area contributed by atoms with E-state index in [0.717, 1.165) is 0 Å². The lowest BCUT2D eigenvalue weighted by molar-refractivity contribution is -0.145. The number of hydrogen-bond acceptors (Lipinski definition) is 4. The summed E-state index contributed by atoms with van der Waals surface area (Å²) in [5, 5.41) is 21.0. The molecule has 3 amide bonds. The number of amides is 3. The maximum absolute atomic E-state index is 11.2. The fourth-order valence-corrected chi connectivity index (χ4v) is 0.842. The van der Waals surface area contributed by atoms with Gasteiger partial charge in [0.1, 0.15) is 12.1 Å². The van der Waals surface area contributed by atoms with Crippen molar-refractivity contribution in [2.75, 3.05) is 0 Å². The van der Waals surface area contributed by atoms with Crippen LogP contribution in [0.25, 0.3) is 0 Å². The third kappa shape index (κ3) is 5.97. The number of nitrogens with two attached hydrogens (primary N) is 1. The molecule has 0 aromatic rings. The summed E-state index contributed by atoms with van der Waals surface area (Å²) in [6.07, 6.45) is -0.770. The van der Waals surface area contributed by atoms with Crippen LogP contribution >= 0.6 is 0 Å². The highest BCUT2D eigenvalue weighted by atomic mass is 16.4. The van der Waals surface area contributed by atoms with Gasteiger partial charge in [-0.1, -0.05) is 0 Å². The SMILES string of the molecule is CC(NC(=O)NC(CC(=O)O)C(=O)O)C(N)=O. The van der Waals surface area contributed by atoms with Crippen LogP contribution in [-0.4, -0.2) is 46.2 Å². The molecule has 0 saturated carbocycles. The first-order valence-electron chi connectivity index (χ1n) is 4.55. The minimum absolute atomic E-state index is 0.770. The summed E-state index contributed by atoms with van der Waals surface area (Å²) in [5.41, 5.74) is 4.86. The van der Waals surface area contributed by atoms with E-state index in [1.807, 2.05) is 5.32 Å². The molecule has 0 aromatic heterocycles. The standard InChI is InChI=1S/C8H13N3O6/c1-3(6(9)14)10-8(17)11-4(7(15)16)2-5(12)13/h3-4H,2H2,1H3,(H2,9,14)(H,12,13)(H,15,16)(H2,10,11,17). The first-order chi connectivity index (χ1) is 7.73. The minimum atomic E-state index is -1.58. The van der Waals surface area contributed by atoms with Crippen LogP contribution in [0, 0.1) is 0 Å². The number of primary amides is 1. The Hall–Kier alpha value is -2.32. The molecule has 0 radical (unpaired) electrons. The molecule has 0 bridgehead atoms. The zero-order valence-electron chi connectivity index (χ0n) is 8.97. The first-order valence-corrected chi connectivity index (χ1v) is 4.55. The van der Waals surface area contributed by atoms with Crippen LogP contribution < -0.4 is 16.4 Å². The average molecular weight is 247 g/mol. The van der Waals surface area contributed by atoms with E-state index < -0.39 is 42.4 Å². The van der Waals surface area contributed by atoms with Gasteiger partial charge in [0.2, 0.25) is 5.91 Å². The average Bonchev–Trinajstić information content (AvgIpc) is 2.15. The second-order valence-electron chi connectivity index (χ2n) is 3.23. The van der Waals surface area contributed by atoms with E-state index >= 15 is 0 Å². The van der Waals surface area contributed by atoms with Crippen LogP contribution in [-0.2, 0) is 14.4 Å². The van der Waals surface area contributed by atoms with Gasteiger partial charge in [-0.05, 0) is 6.92 Å². The summed E-state index contributed by atoms with van der Waals surface area (Å²) in [6, 6.07) is -3.55. The number of hydrogen-bond donors (Lipinski definition) is 5. The van der Waals surface area contributed by atoms with E-state index in [2.05, 4.69) is 5.32 Å². The fourth-order valence-electron chi connectivity index (χ4n) is 0.842. The first kappa shape index (κ1) is 14.7. The fraction of sp³-hybridized carbons (Fsp3) is 0.500. The largest absolute Gasteiger partial charge is 0.481 e. The monoisotopic (exact) mass is 247 g/mol. The third-order valence-electron chi connectivity index (χ3n) is 1.76. The van der Waals surface area contributed by atoms with Crippen molar-refractivity contribution in [1.29, 1.82) is 0 Å². The normalized spacial score (nSPS) is 13.2. The molecule has 0 spiro atoms. The van der Waals surface area contributed by atoms with Crippen molar-refractivity contribution >= 4 is 23.9 Å². The van der Waals surface area contributed by atoms with Crippen molar-refractivity contribution in [3.63, 3.8) is 0 Å². The molecule has 0 aromatic carbocycles. The summed E-state index contributed by atoms with van der Waals surface area (Å²) >= 11 is 0. The quantitative estimate of drug-likeness (QED) is 0.368. The van der Waals surface area contributed by atoms with Gasteiger partial charge in [0.05, 0.1) is 6.42 Å². The molecule has 9 nitrogen and oxygen atoms in total. The van der Waals surface area contributed by atoms with E-state index in [9.17, 15) is 19.2 Å². The highest BCUT2D eigenvalue weighted by Gasteiger charge is 2.24. The molecule has 6 N–H and O–H groups in total. The van der Waals surface area contributed by atoms with Crippen LogP contribution in [0.2, 0.25) is 0 Å². The summed E-state index contributed by atoms with van der Waals surface area (Å²) < 4.78 is 0. The molecule has 0 heterocycles. The van der Waals surface area contributed by atoms with E-state index in [4.69, 9.17) is 15.9 Å². The molecule has 0 saturated heterocycles. The number of nitrogens with one attached hydrogen (secondary N) is 2. The van der Waals surface area contributed by atoms with Crippen molar-refractivity contribution in [2.45, 2.75) is 25.4 Å². The highest BCUT2D eigenvalue weighted by molar-refractivity contribution is 5.89. The Morgan fingerprint density at radius 1 is 1.18 bits per heavy atom. The summed E-state index contributed by atoms with van der Waals surface area (Å²) in [5.74, 6) is -3.67. The smallest absolute Gasteiger partial charge is 0.326 e. The Morgan fingerprint density at radius 3 is 2.06 bits per heavy atom. The van der Waals surface area contributed by atoms with E-state index in [-0.39, 0.29) is 0 Å². The van der Waals surface area contributed by atoms with Gasteiger partial charge in [-0.3, -0.25) is 9.59 Å². The van der Waals surface area contributed by atoms with E-state index in [1.165, 1.54) is 6.92 Å². The predicted molar refractivity (Wildman–Crippen MR) is 54.0 cm³/mol. The lowest BCUT2D eigenvalue weighted by Gasteiger charge is -2.15. The van der Waals surface area contributed by atoms with Gasteiger partial charge in [0, 0.05) is 0 Å². The summed E-state index contributed by atoms with van der Waals surface area (Å²) in [6.45, 7) is 1.30. The number of carbonyl (C=O) groups excluding carboxylic acids is 2. The van der Waals surface area contributed by atoms with E-state index in [1.54, 1.807) is 0 Å². The van der Waals surface area contributed by atoms with Crippen molar-refractivity contribution in [2.24, 2.45) is 5.73 Å². The molecule has 0 aliphatic rings. The lowest BCUT2D eigenvalue weighted by atomic mass is 10.2. The Balaban J connectivity index is 4.36. The number of carboxylic acid groups (broad SMARTS) is 2. The minimum Gasteiger partial charge on any atom is -0.481 e.